The van der Waals surface area contributed by atoms with Gasteiger partial charge in [0.15, 0.2) is 11.3 Å². The number of carbonyl (C=O) groups is 2. The van der Waals surface area contributed by atoms with Crippen LogP contribution in [0.5, 0.6) is 17.2 Å². The summed E-state index contributed by atoms with van der Waals surface area (Å²) in [5.74, 6) is -2.40. The fourth-order valence-electron chi connectivity index (χ4n) is 5.70. The second kappa shape index (κ2) is 11.2. The molecular formula is C29H27ClF3N3O7S. The number of alkyl halides is 3. The van der Waals surface area contributed by atoms with Gasteiger partial charge in [-0.05, 0) is 42.8 Å². The molecule has 2 heterocycles. The summed E-state index contributed by atoms with van der Waals surface area (Å²) in [5, 5.41) is 0.150. The van der Waals surface area contributed by atoms with Gasteiger partial charge in [0.25, 0.3) is 15.9 Å². The number of ether oxygens (including phenoxy) is 3. The van der Waals surface area contributed by atoms with E-state index < -0.39 is 44.5 Å². The first-order valence-electron chi connectivity index (χ1n) is 13.1. The largest absolute Gasteiger partial charge is 0.573 e. The topological polar surface area (TPSA) is 106 Å². The maximum Gasteiger partial charge on any atom is 0.573 e. The molecule has 1 fully saturated rings. The Balaban J connectivity index is 1.82. The van der Waals surface area contributed by atoms with E-state index >= 15 is 0 Å². The number of halogens is 4. The van der Waals surface area contributed by atoms with Crippen molar-refractivity contribution in [2.24, 2.45) is 0 Å². The fourth-order valence-corrected chi connectivity index (χ4v) is 7.43. The first-order chi connectivity index (χ1) is 20.7. The number of anilines is 1. The van der Waals surface area contributed by atoms with Crippen molar-refractivity contribution in [3.8, 4) is 17.2 Å². The molecule has 10 nitrogen and oxygen atoms in total. The first-order valence-corrected chi connectivity index (χ1v) is 14.9. The minimum atomic E-state index is -5.27. The zero-order chi connectivity index (χ0) is 32.2. The monoisotopic (exact) mass is 653 g/mol. The van der Waals surface area contributed by atoms with Gasteiger partial charge in [0, 0.05) is 42.9 Å². The molecule has 2 aliphatic rings. The van der Waals surface area contributed by atoms with Crippen molar-refractivity contribution in [3.63, 3.8) is 0 Å². The van der Waals surface area contributed by atoms with Crippen LogP contribution in [0.2, 0.25) is 5.02 Å². The molecule has 0 aromatic heterocycles. The maximum atomic E-state index is 15.0. The molecule has 1 saturated heterocycles. The summed E-state index contributed by atoms with van der Waals surface area (Å²) in [5.41, 5.74) is -1.83. The molecule has 15 heteroatoms. The molecule has 0 aliphatic carbocycles. The standard InChI is InChI=1S/C29H27ClF3N3O7S/c1-34(2)26(37)22-13-14-35(22)28(19-7-5-6-8-23(19)42-4)20-15-17(30)9-11-21(20)36(27(28)38)44(39,40)25-12-10-18(41-3)16-24(25)43-29(31,32)33/h5-12,15-16,22H,13-14H2,1-4H3/t22-,28?/m0/s1. The molecule has 0 saturated carbocycles. The normalized spacial score (nSPS) is 20.1. The fraction of sp³-hybridized carbons (Fsp3) is 0.310. The third kappa shape index (κ3) is 4.90. The van der Waals surface area contributed by atoms with E-state index in [0.717, 1.165) is 18.2 Å². The predicted molar refractivity (Wildman–Crippen MR) is 153 cm³/mol. The van der Waals surface area contributed by atoms with E-state index in [-0.39, 0.29) is 45.8 Å². The van der Waals surface area contributed by atoms with Gasteiger partial charge in [0.2, 0.25) is 5.91 Å². The first kappa shape index (κ1) is 31.4. The number of likely N-dealkylation sites (tertiary alicyclic amines) is 1. The predicted octanol–water partition coefficient (Wildman–Crippen LogP) is 4.40. The summed E-state index contributed by atoms with van der Waals surface area (Å²) in [7, 11) is 0.550. The number of sulfonamides is 1. The summed E-state index contributed by atoms with van der Waals surface area (Å²) < 4.78 is 84.2. The highest BCUT2D eigenvalue weighted by molar-refractivity contribution is 7.93. The second-order valence-electron chi connectivity index (χ2n) is 10.2. The van der Waals surface area contributed by atoms with Crippen LogP contribution in [0.15, 0.2) is 65.6 Å². The van der Waals surface area contributed by atoms with Gasteiger partial charge in [-0.3, -0.25) is 14.5 Å². The number of nitrogens with zero attached hydrogens (tertiary/aromatic N) is 3. The van der Waals surface area contributed by atoms with E-state index in [4.69, 9.17) is 21.1 Å². The van der Waals surface area contributed by atoms with Crippen molar-refractivity contribution in [1.82, 2.24) is 9.80 Å². The Hall–Kier alpha value is -4.01. The van der Waals surface area contributed by atoms with Crippen LogP contribution in [0.25, 0.3) is 0 Å². The van der Waals surface area contributed by atoms with Crippen LogP contribution < -0.4 is 18.5 Å². The van der Waals surface area contributed by atoms with E-state index in [1.54, 1.807) is 43.3 Å². The highest BCUT2D eigenvalue weighted by Gasteiger charge is 2.64. The molecule has 234 valence electrons. The van der Waals surface area contributed by atoms with Crippen molar-refractivity contribution in [3.05, 3.63) is 76.8 Å². The van der Waals surface area contributed by atoms with Crippen LogP contribution in [0.3, 0.4) is 0 Å². The Morgan fingerprint density at radius 2 is 1.70 bits per heavy atom. The highest BCUT2D eigenvalue weighted by atomic mass is 35.5. The van der Waals surface area contributed by atoms with E-state index in [2.05, 4.69) is 4.74 Å². The van der Waals surface area contributed by atoms with E-state index in [1.165, 1.54) is 37.3 Å². The number of hydrogen-bond donors (Lipinski definition) is 0. The van der Waals surface area contributed by atoms with Gasteiger partial charge in [0.1, 0.15) is 16.4 Å². The minimum Gasteiger partial charge on any atom is -0.497 e. The third-order valence-corrected chi connectivity index (χ3v) is 9.60. The van der Waals surface area contributed by atoms with Crippen molar-refractivity contribution in [2.45, 2.75) is 29.3 Å². The van der Waals surface area contributed by atoms with Crippen molar-refractivity contribution in [2.75, 3.05) is 39.2 Å². The lowest BCUT2D eigenvalue weighted by Crippen LogP contribution is -2.67. The number of benzene rings is 3. The molecular weight excluding hydrogens is 627 g/mol. The number of amides is 2. The van der Waals surface area contributed by atoms with Crippen LogP contribution in [-0.4, -0.2) is 77.3 Å². The minimum absolute atomic E-state index is 0.103. The Labute approximate surface area is 256 Å². The summed E-state index contributed by atoms with van der Waals surface area (Å²) in [4.78, 5) is 30.3. The van der Waals surface area contributed by atoms with Crippen molar-refractivity contribution < 1.29 is 45.4 Å². The smallest absolute Gasteiger partial charge is 0.497 e. The number of carbonyl (C=O) groups excluding carboxylic acids is 2. The molecule has 1 unspecified atom stereocenters. The SMILES string of the molecule is COc1ccc(S(=O)(=O)N2C(=O)C(c3ccccc3OC)(N3CC[C@H]3C(=O)N(C)C)c3cc(Cl)ccc32)c(OC(F)(F)F)c1. The number of methoxy groups -OCH3 is 2. The van der Waals surface area contributed by atoms with Crippen LogP contribution >= 0.6 is 11.6 Å². The number of hydrogen-bond acceptors (Lipinski definition) is 8. The quantitative estimate of drug-likeness (QED) is 0.353. The molecule has 0 bridgehead atoms. The highest BCUT2D eigenvalue weighted by Crippen LogP contribution is 2.55. The average molecular weight is 654 g/mol. The molecule has 3 aromatic carbocycles. The molecule has 2 aliphatic heterocycles. The lowest BCUT2D eigenvalue weighted by atomic mass is 9.77. The van der Waals surface area contributed by atoms with Gasteiger partial charge in [-0.1, -0.05) is 29.8 Å². The number of para-hydroxylation sites is 1. The van der Waals surface area contributed by atoms with E-state index in [9.17, 15) is 31.2 Å². The lowest BCUT2D eigenvalue weighted by molar-refractivity contribution is -0.275. The maximum absolute atomic E-state index is 15.0. The Morgan fingerprint density at radius 3 is 2.30 bits per heavy atom. The Morgan fingerprint density at radius 1 is 1.00 bits per heavy atom. The Bertz CT molecular complexity index is 1750. The number of fused-ring (bicyclic) bond motifs is 1. The van der Waals surface area contributed by atoms with Crippen LogP contribution in [0.4, 0.5) is 18.9 Å². The summed E-state index contributed by atoms with van der Waals surface area (Å²) in [6, 6.07) is 12.4. The van der Waals surface area contributed by atoms with Gasteiger partial charge >= 0.3 is 6.36 Å². The summed E-state index contributed by atoms with van der Waals surface area (Å²) in [6.45, 7) is 0.193. The summed E-state index contributed by atoms with van der Waals surface area (Å²) in [6.07, 6.45) is -4.92. The van der Waals surface area contributed by atoms with E-state index in [0.29, 0.717) is 10.7 Å². The zero-order valence-electron chi connectivity index (χ0n) is 23.9. The molecule has 0 spiro atoms. The zero-order valence-corrected chi connectivity index (χ0v) is 25.5. The third-order valence-electron chi connectivity index (χ3n) is 7.63. The van der Waals surface area contributed by atoms with Crippen LogP contribution in [-0.2, 0) is 25.2 Å². The molecule has 3 aromatic rings. The number of likely N-dealkylation sites (N-methyl/N-ethyl adjacent to an activating group) is 1. The van der Waals surface area contributed by atoms with Gasteiger partial charge < -0.3 is 19.1 Å². The molecule has 5 rings (SSSR count). The molecule has 0 radical (unpaired) electrons. The van der Waals surface area contributed by atoms with Crippen molar-refractivity contribution in [1.29, 1.82) is 0 Å². The van der Waals surface area contributed by atoms with Gasteiger partial charge in [0.05, 0.1) is 25.9 Å². The Kier molecular flexibility index (Phi) is 7.97. The van der Waals surface area contributed by atoms with Crippen molar-refractivity contribution >= 4 is 39.1 Å². The second-order valence-corrected chi connectivity index (χ2v) is 12.4. The lowest BCUT2D eigenvalue weighted by Gasteiger charge is -2.51. The van der Waals surface area contributed by atoms with Crippen LogP contribution in [0.1, 0.15) is 17.5 Å². The molecule has 44 heavy (non-hydrogen) atoms. The molecule has 2 amide bonds. The molecule has 2 atom stereocenters. The van der Waals surface area contributed by atoms with E-state index in [1.807, 2.05) is 0 Å². The van der Waals surface area contributed by atoms with Gasteiger partial charge in [-0.2, -0.15) is 0 Å². The number of rotatable bonds is 8. The van der Waals surface area contributed by atoms with Crippen LogP contribution in [0, 0.1) is 0 Å². The molecule has 0 N–H and O–H groups in total. The van der Waals surface area contributed by atoms with Gasteiger partial charge in [-0.25, -0.2) is 12.7 Å². The van der Waals surface area contributed by atoms with Gasteiger partial charge in [-0.15, -0.1) is 13.2 Å². The average Bonchev–Trinajstić information content (AvgIpc) is 3.19. The summed E-state index contributed by atoms with van der Waals surface area (Å²) >= 11 is 6.42.